The Bertz CT molecular complexity index is 398. The average Bonchev–Trinajstić information content (AvgIpc) is 2.75. The van der Waals surface area contributed by atoms with Crippen LogP contribution < -0.4 is 5.32 Å². The maximum absolute atomic E-state index is 4.40. The number of aryl methyl sites for hydroxylation is 1. The summed E-state index contributed by atoms with van der Waals surface area (Å²) >= 11 is 0. The van der Waals surface area contributed by atoms with Crippen LogP contribution in [-0.2, 0) is 0 Å². The van der Waals surface area contributed by atoms with Gasteiger partial charge in [-0.15, -0.1) is 0 Å². The first-order chi connectivity index (χ1) is 14.1. The normalized spacial score (nSPS) is 13.8. The van der Waals surface area contributed by atoms with Crippen LogP contribution in [0.2, 0.25) is 0 Å². The number of hydrogen-bond donors (Lipinski definition) is 1. The number of pyridine rings is 1. The maximum atomic E-state index is 4.40. The summed E-state index contributed by atoms with van der Waals surface area (Å²) in [6, 6.07) is 4.79. The Morgan fingerprint density at radius 3 is 1.72 bits per heavy atom. The quantitative estimate of drug-likeness (QED) is 0.472. The number of hydrogen-bond acceptors (Lipinski definition) is 3. The van der Waals surface area contributed by atoms with Crippen molar-refractivity contribution in [3.8, 4) is 0 Å². The number of rotatable bonds is 8. The Hall–Kier alpha value is -1.09. The first-order valence-corrected chi connectivity index (χ1v) is 12.5. The van der Waals surface area contributed by atoms with E-state index >= 15 is 0 Å². The molecule has 1 aromatic heterocycles. The van der Waals surface area contributed by atoms with Crippen LogP contribution >= 0.6 is 0 Å². The third kappa shape index (κ3) is 18.7. The second kappa shape index (κ2) is 23.2. The Morgan fingerprint density at radius 1 is 0.862 bits per heavy atom. The first-order valence-electron chi connectivity index (χ1n) is 12.5. The molecule has 2 rings (SSSR count). The Labute approximate surface area is 184 Å². The molecule has 0 aromatic carbocycles. The molecule has 1 aliphatic rings. The molecule has 0 spiro atoms. The van der Waals surface area contributed by atoms with Crippen molar-refractivity contribution in [3.05, 3.63) is 23.9 Å². The van der Waals surface area contributed by atoms with Crippen LogP contribution in [0.5, 0.6) is 0 Å². The van der Waals surface area contributed by atoms with Gasteiger partial charge < -0.3 is 10.2 Å². The Kier molecular flexibility index (Phi) is 24.1. The highest BCUT2D eigenvalue weighted by Gasteiger charge is 2.18. The molecule has 3 nitrogen and oxygen atoms in total. The number of nitrogens with zero attached hydrogens (tertiary/aromatic N) is 2. The lowest BCUT2D eigenvalue weighted by molar-refractivity contribution is 0.219. The van der Waals surface area contributed by atoms with Crippen LogP contribution in [-0.4, -0.2) is 35.6 Å². The molecule has 0 aliphatic carbocycles. The van der Waals surface area contributed by atoms with Crippen molar-refractivity contribution in [1.82, 2.24) is 9.88 Å². The van der Waals surface area contributed by atoms with Crippen molar-refractivity contribution in [2.75, 3.05) is 25.0 Å². The number of likely N-dealkylation sites (tertiary alicyclic amines) is 1. The molecule has 0 amide bonds. The van der Waals surface area contributed by atoms with Crippen LogP contribution in [0.25, 0.3) is 0 Å². The molecule has 0 radical (unpaired) electrons. The smallest absolute Gasteiger partial charge is 0.126 e. The minimum Gasteiger partial charge on any atom is -0.367 e. The summed E-state index contributed by atoms with van der Waals surface area (Å²) in [6.45, 7) is 20.9. The van der Waals surface area contributed by atoms with Crippen LogP contribution in [0, 0.1) is 6.92 Å². The number of aromatic nitrogens is 1. The van der Waals surface area contributed by atoms with Crippen LogP contribution in [0.3, 0.4) is 0 Å². The van der Waals surface area contributed by atoms with E-state index in [9.17, 15) is 0 Å². The van der Waals surface area contributed by atoms with Gasteiger partial charge in [0, 0.05) is 25.3 Å². The van der Waals surface area contributed by atoms with Gasteiger partial charge in [-0.05, 0) is 44.4 Å². The molecule has 0 saturated carbocycles. The maximum Gasteiger partial charge on any atom is 0.126 e. The molecule has 1 aliphatic heterocycles. The zero-order chi connectivity index (χ0) is 22.3. The predicted octanol–water partition coefficient (Wildman–Crippen LogP) is 8.10. The summed E-state index contributed by atoms with van der Waals surface area (Å²) in [5.41, 5.74) is 1.22. The molecule has 3 heteroatoms. The van der Waals surface area contributed by atoms with Crippen LogP contribution in [0.15, 0.2) is 18.3 Å². The molecule has 29 heavy (non-hydrogen) atoms. The molecule has 0 unspecified atom stereocenters. The second-order valence-corrected chi connectivity index (χ2v) is 7.69. The van der Waals surface area contributed by atoms with Crippen molar-refractivity contribution < 1.29 is 0 Å². The van der Waals surface area contributed by atoms with Crippen molar-refractivity contribution in [3.63, 3.8) is 0 Å². The van der Waals surface area contributed by atoms with Gasteiger partial charge in [0.05, 0.1) is 0 Å². The van der Waals surface area contributed by atoms with Gasteiger partial charge in [-0.25, -0.2) is 4.98 Å². The van der Waals surface area contributed by atoms with E-state index in [0.717, 1.165) is 5.82 Å². The number of unbranched alkanes of at least 4 members (excludes halogenated alkanes) is 4. The fraction of sp³-hybridized carbons (Fsp3) is 0.808. The third-order valence-corrected chi connectivity index (χ3v) is 4.80. The topological polar surface area (TPSA) is 28.2 Å². The highest BCUT2D eigenvalue weighted by Crippen LogP contribution is 2.15. The average molecular weight is 408 g/mol. The minimum atomic E-state index is 0.596. The fourth-order valence-corrected chi connectivity index (χ4v) is 3.09. The largest absolute Gasteiger partial charge is 0.367 e. The molecule has 0 atom stereocenters. The van der Waals surface area contributed by atoms with Gasteiger partial charge in [0.15, 0.2) is 0 Å². The summed E-state index contributed by atoms with van der Waals surface area (Å²) in [4.78, 5) is 6.96. The summed E-state index contributed by atoms with van der Waals surface area (Å²) in [5, 5.41) is 3.53. The SMILES string of the molecule is CC.CCCCC.CCCCC.CCCN1CCC(Nc2ccc(C)cn2)CC1. The van der Waals surface area contributed by atoms with Crippen LogP contribution in [0.1, 0.15) is 112 Å². The van der Waals surface area contributed by atoms with Crippen molar-refractivity contribution in [2.24, 2.45) is 0 Å². The standard InChI is InChI=1S/C14H23N3.2C5H12.C2H6/c1-3-8-17-9-6-13(7-10-17)16-14-5-4-12(2)11-15-14;2*1-3-5-4-2;1-2/h4-5,11,13H,3,6-10H2,1-2H3,(H,15,16);2*3-5H2,1-2H3;1-2H3. The monoisotopic (exact) mass is 407 g/mol. The second-order valence-electron chi connectivity index (χ2n) is 7.69. The van der Waals surface area contributed by atoms with E-state index in [4.69, 9.17) is 0 Å². The van der Waals surface area contributed by atoms with Crippen molar-refractivity contribution in [2.45, 2.75) is 119 Å². The highest BCUT2D eigenvalue weighted by atomic mass is 15.1. The van der Waals surface area contributed by atoms with E-state index in [1.54, 1.807) is 0 Å². The summed E-state index contributed by atoms with van der Waals surface area (Å²) in [6.07, 6.45) is 13.8. The van der Waals surface area contributed by atoms with Gasteiger partial charge in [-0.3, -0.25) is 0 Å². The molecule has 172 valence electrons. The van der Waals surface area contributed by atoms with Gasteiger partial charge in [0.25, 0.3) is 0 Å². The molecule has 1 N–H and O–H groups in total. The molecule has 1 fully saturated rings. The zero-order valence-corrected chi connectivity index (χ0v) is 21.2. The molecule has 1 aromatic rings. The van der Waals surface area contributed by atoms with Crippen molar-refractivity contribution >= 4 is 5.82 Å². The van der Waals surface area contributed by atoms with E-state index in [2.05, 4.69) is 68.9 Å². The summed E-state index contributed by atoms with van der Waals surface area (Å²) < 4.78 is 0. The Morgan fingerprint density at radius 2 is 1.38 bits per heavy atom. The van der Waals surface area contributed by atoms with Crippen molar-refractivity contribution in [1.29, 1.82) is 0 Å². The molecular weight excluding hydrogens is 354 g/mol. The number of piperidine rings is 1. The first kappa shape index (κ1) is 30.1. The van der Waals surface area contributed by atoms with E-state index in [1.165, 1.54) is 83.0 Å². The Balaban J connectivity index is 0. The van der Waals surface area contributed by atoms with E-state index < -0.39 is 0 Å². The molecular formula is C26H53N3. The lowest BCUT2D eigenvalue weighted by Gasteiger charge is -2.32. The summed E-state index contributed by atoms with van der Waals surface area (Å²) in [5.74, 6) is 1.02. The van der Waals surface area contributed by atoms with Gasteiger partial charge in [-0.1, -0.05) is 93.1 Å². The third-order valence-electron chi connectivity index (χ3n) is 4.80. The zero-order valence-electron chi connectivity index (χ0n) is 21.2. The van der Waals surface area contributed by atoms with E-state index in [0.29, 0.717) is 6.04 Å². The molecule has 2 heterocycles. The lowest BCUT2D eigenvalue weighted by atomic mass is 10.0. The lowest BCUT2D eigenvalue weighted by Crippen LogP contribution is -2.39. The van der Waals surface area contributed by atoms with Gasteiger partial charge >= 0.3 is 0 Å². The van der Waals surface area contributed by atoms with E-state index in [1.807, 2.05) is 20.0 Å². The number of nitrogens with one attached hydrogen (secondary N) is 1. The highest BCUT2D eigenvalue weighted by molar-refractivity contribution is 5.36. The molecule has 1 saturated heterocycles. The van der Waals surface area contributed by atoms with Gasteiger partial charge in [-0.2, -0.15) is 0 Å². The van der Waals surface area contributed by atoms with E-state index in [-0.39, 0.29) is 0 Å². The van der Waals surface area contributed by atoms with Crippen LogP contribution in [0.4, 0.5) is 5.82 Å². The fourth-order valence-electron chi connectivity index (χ4n) is 3.09. The van der Waals surface area contributed by atoms with Gasteiger partial charge in [0.2, 0.25) is 0 Å². The minimum absolute atomic E-state index is 0.596. The predicted molar refractivity (Wildman–Crippen MR) is 134 cm³/mol. The van der Waals surface area contributed by atoms with Gasteiger partial charge in [0.1, 0.15) is 5.82 Å². The summed E-state index contributed by atoms with van der Waals surface area (Å²) in [7, 11) is 0. The molecule has 0 bridgehead atoms. The number of anilines is 1.